The molecule has 3 heterocycles. The van der Waals surface area contributed by atoms with Crippen LogP contribution in [0.5, 0.6) is 0 Å². The van der Waals surface area contributed by atoms with Gasteiger partial charge in [0.05, 0.1) is 23.9 Å². The number of aliphatic hydroxyl groups excluding tert-OH is 1. The maximum absolute atomic E-state index is 13.5. The molecule has 3 aromatic rings. The number of β-amino-alcohol motifs (C(OH)–C–C–N with tert-alkyl or cyclic N) is 1. The highest BCUT2D eigenvalue weighted by Crippen LogP contribution is 2.35. The number of nitrogens with zero attached hydrogens (tertiary/aromatic N) is 4. The fourth-order valence-electron chi connectivity index (χ4n) is 4.88. The van der Waals surface area contributed by atoms with E-state index in [0.717, 1.165) is 49.0 Å². The molecule has 174 valence electrons. The van der Waals surface area contributed by atoms with E-state index in [1.807, 2.05) is 6.07 Å². The van der Waals surface area contributed by atoms with Gasteiger partial charge in [0, 0.05) is 24.3 Å². The number of rotatable bonds is 6. The molecule has 1 saturated heterocycles. The Labute approximate surface area is 193 Å². The molecular formula is C25H30FN5O2. The van der Waals surface area contributed by atoms with Crippen LogP contribution in [0.15, 0.2) is 41.1 Å². The van der Waals surface area contributed by atoms with Crippen molar-refractivity contribution >= 4 is 5.95 Å². The van der Waals surface area contributed by atoms with E-state index in [1.165, 1.54) is 31.4 Å². The molecule has 8 heteroatoms. The van der Waals surface area contributed by atoms with Crippen molar-refractivity contribution in [2.24, 2.45) is 0 Å². The number of hydrogen-bond acceptors (Lipinski definition) is 7. The number of nitrogens with one attached hydrogen (secondary N) is 1. The lowest BCUT2D eigenvalue weighted by molar-refractivity contribution is 0.0623. The molecule has 33 heavy (non-hydrogen) atoms. The first kappa shape index (κ1) is 22.0. The minimum Gasteiger partial charge on any atom is -0.392 e. The summed E-state index contributed by atoms with van der Waals surface area (Å²) in [6.07, 6.45) is 9.19. The predicted octanol–water partition coefficient (Wildman–Crippen LogP) is 4.64. The van der Waals surface area contributed by atoms with Gasteiger partial charge in [-0.1, -0.05) is 24.4 Å². The van der Waals surface area contributed by atoms with E-state index < -0.39 is 0 Å². The quantitative estimate of drug-likeness (QED) is 0.565. The molecule has 2 N–H and O–H groups in total. The number of aromatic nitrogens is 3. The molecule has 0 unspecified atom stereocenters. The van der Waals surface area contributed by atoms with Gasteiger partial charge in [0.15, 0.2) is 5.76 Å². The summed E-state index contributed by atoms with van der Waals surface area (Å²) >= 11 is 0. The molecular weight excluding hydrogens is 421 g/mol. The lowest BCUT2D eigenvalue weighted by Crippen LogP contribution is -2.37. The van der Waals surface area contributed by atoms with Crippen LogP contribution in [0.25, 0.3) is 22.5 Å². The van der Waals surface area contributed by atoms with Crippen molar-refractivity contribution in [3.05, 3.63) is 48.1 Å². The lowest BCUT2D eigenvalue weighted by Gasteiger charge is -2.29. The number of hydrogen-bond donors (Lipinski definition) is 2. The first-order valence-electron chi connectivity index (χ1n) is 11.9. The highest BCUT2D eigenvalue weighted by molar-refractivity contribution is 5.80. The molecule has 1 saturated carbocycles. The van der Waals surface area contributed by atoms with Crippen LogP contribution in [0.3, 0.4) is 0 Å². The standard InChI is InChI=1S/C25H30FN5O2/c26-18-10-8-17(9-11-18)24-23(22(33-30-24)16-31-14-4-7-20(32)15-31)21-12-13-27-25(29-21)28-19-5-2-1-3-6-19/h8-13,19-20,32H,1-7,14-16H2,(H,27,28,29)/t20-/m1/s1. The number of benzene rings is 1. The van der Waals surface area contributed by atoms with E-state index in [-0.39, 0.29) is 11.9 Å². The van der Waals surface area contributed by atoms with Crippen LogP contribution in [-0.2, 0) is 6.54 Å². The van der Waals surface area contributed by atoms with E-state index in [9.17, 15) is 9.50 Å². The summed E-state index contributed by atoms with van der Waals surface area (Å²) in [7, 11) is 0. The van der Waals surface area contributed by atoms with Crippen LogP contribution in [0, 0.1) is 5.82 Å². The second-order valence-electron chi connectivity index (χ2n) is 9.11. The van der Waals surface area contributed by atoms with Crippen LogP contribution < -0.4 is 5.32 Å². The minimum absolute atomic E-state index is 0.299. The number of anilines is 1. The molecule has 0 amide bonds. The van der Waals surface area contributed by atoms with Crippen molar-refractivity contribution in [2.75, 3.05) is 18.4 Å². The molecule has 1 atom stereocenters. The Hall–Kier alpha value is -2.84. The summed E-state index contributed by atoms with van der Waals surface area (Å²) in [6.45, 7) is 2.02. The average Bonchev–Trinajstić information content (AvgIpc) is 3.24. The monoisotopic (exact) mass is 451 g/mol. The van der Waals surface area contributed by atoms with Crippen molar-refractivity contribution in [2.45, 2.75) is 63.6 Å². The van der Waals surface area contributed by atoms with E-state index in [4.69, 9.17) is 9.51 Å². The third-order valence-corrected chi connectivity index (χ3v) is 6.58. The van der Waals surface area contributed by atoms with Crippen molar-refractivity contribution in [1.82, 2.24) is 20.0 Å². The van der Waals surface area contributed by atoms with Crippen LogP contribution in [0.2, 0.25) is 0 Å². The molecule has 2 aromatic heterocycles. The largest absolute Gasteiger partial charge is 0.392 e. The second kappa shape index (κ2) is 9.97. The molecule has 0 spiro atoms. The van der Waals surface area contributed by atoms with Gasteiger partial charge in [0.25, 0.3) is 0 Å². The molecule has 2 fully saturated rings. The van der Waals surface area contributed by atoms with E-state index in [2.05, 4.69) is 20.4 Å². The van der Waals surface area contributed by atoms with E-state index >= 15 is 0 Å². The van der Waals surface area contributed by atoms with Crippen molar-refractivity contribution in [3.8, 4) is 22.5 Å². The summed E-state index contributed by atoms with van der Waals surface area (Å²) < 4.78 is 19.4. The van der Waals surface area contributed by atoms with Gasteiger partial charge in [-0.2, -0.15) is 0 Å². The highest BCUT2D eigenvalue weighted by Gasteiger charge is 2.25. The first-order chi connectivity index (χ1) is 16.2. The van der Waals surface area contributed by atoms with Gasteiger partial charge in [-0.3, -0.25) is 4.90 Å². The van der Waals surface area contributed by atoms with Crippen LogP contribution in [0.4, 0.5) is 10.3 Å². The summed E-state index contributed by atoms with van der Waals surface area (Å²) in [5.74, 6) is 0.989. The Morgan fingerprint density at radius 1 is 1.06 bits per heavy atom. The van der Waals surface area contributed by atoms with Gasteiger partial charge >= 0.3 is 0 Å². The third-order valence-electron chi connectivity index (χ3n) is 6.58. The Morgan fingerprint density at radius 3 is 2.67 bits per heavy atom. The van der Waals surface area contributed by atoms with Gasteiger partial charge in [0.2, 0.25) is 5.95 Å². The highest BCUT2D eigenvalue weighted by atomic mass is 19.1. The van der Waals surface area contributed by atoms with Gasteiger partial charge in [-0.25, -0.2) is 14.4 Å². The van der Waals surface area contributed by atoms with Gasteiger partial charge in [-0.05, 0) is 62.6 Å². The number of piperidine rings is 1. The fraction of sp³-hybridized carbons (Fsp3) is 0.480. The Morgan fingerprint density at radius 2 is 1.88 bits per heavy atom. The summed E-state index contributed by atoms with van der Waals surface area (Å²) in [4.78, 5) is 11.4. The van der Waals surface area contributed by atoms with Gasteiger partial charge in [-0.15, -0.1) is 0 Å². The predicted molar refractivity (Wildman–Crippen MR) is 124 cm³/mol. The van der Waals surface area contributed by atoms with Crippen LogP contribution in [-0.4, -0.2) is 50.4 Å². The van der Waals surface area contributed by atoms with Crippen molar-refractivity contribution in [3.63, 3.8) is 0 Å². The van der Waals surface area contributed by atoms with Crippen molar-refractivity contribution < 1.29 is 14.0 Å². The zero-order chi connectivity index (χ0) is 22.6. The van der Waals surface area contributed by atoms with E-state index in [0.29, 0.717) is 36.5 Å². The average molecular weight is 452 g/mol. The maximum atomic E-state index is 13.5. The number of likely N-dealkylation sites (tertiary alicyclic amines) is 1. The maximum Gasteiger partial charge on any atom is 0.223 e. The molecule has 5 rings (SSSR count). The zero-order valence-electron chi connectivity index (χ0n) is 18.7. The minimum atomic E-state index is -0.327. The normalized spacial score (nSPS) is 20.1. The summed E-state index contributed by atoms with van der Waals surface area (Å²) in [6, 6.07) is 8.50. The fourth-order valence-corrected chi connectivity index (χ4v) is 4.88. The topological polar surface area (TPSA) is 87.3 Å². The Bertz CT molecular complexity index is 1060. The molecule has 1 aliphatic carbocycles. The Kier molecular flexibility index (Phi) is 6.64. The summed E-state index contributed by atoms with van der Waals surface area (Å²) in [5, 5.41) is 17.9. The Balaban J connectivity index is 1.49. The SMILES string of the molecule is O[C@@H]1CCCN(Cc2onc(-c3ccc(F)cc3)c2-c2ccnc(NC3CCCCC3)n2)C1. The zero-order valence-corrected chi connectivity index (χ0v) is 18.7. The lowest BCUT2D eigenvalue weighted by atomic mass is 9.96. The third kappa shape index (κ3) is 5.23. The second-order valence-corrected chi connectivity index (χ2v) is 9.11. The molecule has 2 aliphatic rings. The summed E-state index contributed by atoms with van der Waals surface area (Å²) in [5.41, 5.74) is 2.90. The van der Waals surface area contributed by atoms with Crippen LogP contribution >= 0.6 is 0 Å². The molecule has 7 nitrogen and oxygen atoms in total. The molecule has 1 aliphatic heterocycles. The molecule has 0 bridgehead atoms. The van der Waals surface area contributed by atoms with Crippen molar-refractivity contribution in [1.29, 1.82) is 0 Å². The van der Waals surface area contributed by atoms with Gasteiger partial charge in [0.1, 0.15) is 11.5 Å². The molecule has 0 radical (unpaired) electrons. The smallest absolute Gasteiger partial charge is 0.223 e. The van der Waals surface area contributed by atoms with Gasteiger partial charge < -0.3 is 14.9 Å². The molecule has 1 aromatic carbocycles. The van der Waals surface area contributed by atoms with E-state index in [1.54, 1.807) is 18.3 Å². The number of halogens is 1. The number of aliphatic hydroxyl groups is 1. The van der Waals surface area contributed by atoms with Crippen LogP contribution in [0.1, 0.15) is 50.7 Å². The first-order valence-corrected chi connectivity index (χ1v) is 11.9.